The first-order valence-electron chi connectivity index (χ1n) is 9.21. The minimum Gasteiger partial charge on any atom is -0.298 e. The quantitative estimate of drug-likeness (QED) is 0.759. The standard InChI is InChI=1S/C20H23F2N5/c1-13-15(10-26(2)25-13)12-27-7-3-4-14(11-27)20-18(9-23-24-20)17-8-16(21)5-6-19(17)22/h5-6,8-10,14H,3-4,7,11-12H2,1-2H3,(H,23,24). The predicted octanol–water partition coefficient (Wildman–Crippen LogP) is 3.78. The molecule has 142 valence electrons. The molecule has 1 N–H and O–H groups in total. The molecule has 4 rings (SSSR count). The van der Waals surface area contributed by atoms with Crippen molar-refractivity contribution in [2.24, 2.45) is 7.05 Å². The van der Waals surface area contributed by atoms with Crippen LogP contribution in [-0.2, 0) is 13.6 Å². The zero-order valence-corrected chi connectivity index (χ0v) is 15.5. The molecule has 1 aromatic carbocycles. The van der Waals surface area contributed by atoms with Gasteiger partial charge in [-0.05, 0) is 44.5 Å². The molecule has 1 fully saturated rings. The minimum absolute atomic E-state index is 0.205. The smallest absolute Gasteiger partial charge is 0.131 e. The Balaban J connectivity index is 1.57. The first kappa shape index (κ1) is 17.9. The van der Waals surface area contributed by atoms with Crippen molar-refractivity contribution in [1.82, 2.24) is 24.9 Å². The summed E-state index contributed by atoms with van der Waals surface area (Å²) < 4.78 is 29.7. The van der Waals surface area contributed by atoms with Crippen molar-refractivity contribution < 1.29 is 8.78 Å². The van der Waals surface area contributed by atoms with Crippen molar-refractivity contribution in [1.29, 1.82) is 0 Å². The van der Waals surface area contributed by atoms with Crippen LogP contribution in [0.4, 0.5) is 8.78 Å². The maximum absolute atomic E-state index is 14.3. The van der Waals surface area contributed by atoms with E-state index in [0.29, 0.717) is 5.56 Å². The number of nitrogens with zero attached hydrogens (tertiary/aromatic N) is 4. The van der Waals surface area contributed by atoms with Gasteiger partial charge < -0.3 is 0 Å². The van der Waals surface area contributed by atoms with Gasteiger partial charge >= 0.3 is 0 Å². The fourth-order valence-corrected chi connectivity index (χ4v) is 4.01. The van der Waals surface area contributed by atoms with E-state index < -0.39 is 11.6 Å². The Bertz CT molecular complexity index is 946. The largest absolute Gasteiger partial charge is 0.298 e. The molecule has 1 unspecified atom stereocenters. The number of hydrogen-bond donors (Lipinski definition) is 1. The first-order valence-corrected chi connectivity index (χ1v) is 9.21. The highest BCUT2D eigenvalue weighted by atomic mass is 19.1. The van der Waals surface area contributed by atoms with E-state index in [4.69, 9.17) is 0 Å². The normalized spacial score (nSPS) is 18.1. The van der Waals surface area contributed by atoms with Crippen LogP contribution in [0.3, 0.4) is 0 Å². The van der Waals surface area contributed by atoms with Crippen molar-refractivity contribution in [2.45, 2.75) is 32.2 Å². The second-order valence-electron chi connectivity index (χ2n) is 7.31. The molecule has 0 spiro atoms. The summed E-state index contributed by atoms with van der Waals surface area (Å²) in [7, 11) is 1.93. The Labute approximate surface area is 157 Å². The average Bonchev–Trinajstić information content (AvgIpc) is 3.24. The highest BCUT2D eigenvalue weighted by molar-refractivity contribution is 5.66. The molecular weight excluding hydrogens is 348 g/mol. The van der Waals surface area contributed by atoms with Gasteiger partial charge in [0.05, 0.1) is 11.9 Å². The molecular formula is C20H23F2N5. The Kier molecular flexibility index (Phi) is 4.78. The third-order valence-corrected chi connectivity index (χ3v) is 5.31. The highest BCUT2D eigenvalue weighted by Crippen LogP contribution is 2.34. The van der Waals surface area contributed by atoms with Gasteiger partial charge in [0.15, 0.2) is 0 Å². The van der Waals surface area contributed by atoms with Crippen LogP contribution in [0.5, 0.6) is 0 Å². The number of benzene rings is 1. The van der Waals surface area contributed by atoms with E-state index >= 15 is 0 Å². The van der Waals surface area contributed by atoms with Gasteiger partial charge in [0, 0.05) is 54.6 Å². The fraction of sp³-hybridized carbons (Fsp3) is 0.400. The third-order valence-electron chi connectivity index (χ3n) is 5.31. The van der Waals surface area contributed by atoms with E-state index in [1.807, 2.05) is 18.7 Å². The second-order valence-corrected chi connectivity index (χ2v) is 7.31. The molecule has 3 aromatic rings. The van der Waals surface area contributed by atoms with Crippen LogP contribution in [0.15, 0.2) is 30.6 Å². The number of nitrogens with one attached hydrogen (secondary N) is 1. The van der Waals surface area contributed by atoms with Gasteiger partial charge in [0.2, 0.25) is 0 Å². The van der Waals surface area contributed by atoms with Crippen molar-refractivity contribution in [3.63, 3.8) is 0 Å². The van der Waals surface area contributed by atoms with Gasteiger partial charge in [-0.3, -0.25) is 14.7 Å². The highest BCUT2D eigenvalue weighted by Gasteiger charge is 2.26. The molecule has 1 aliphatic heterocycles. The van der Waals surface area contributed by atoms with Crippen molar-refractivity contribution in [3.8, 4) is 11.1 Å². The van der Waals surface area contributed by atoms with E-state index in [1.54, 1.807) is 6.20 Å². The molecule has 0 saturated carbocycles. The molecule has 0 aliphatic carbocycles. The summed E-state index contributed by atoms with van der Waals surface area (Å²) in [6, 6.07) is 3.54. The van der Waals surface area contributed by atoms with Gasteiger partial charge in [0.25, 0.3) is 0 Å². The van der Waals surface area contributed by atoms with Crippen molar-refractivity contribution >= 4 is 0 Å². The summed E-state index contributed by atoms with van der Waals surface area (Å²) >= 11 is 0. The Morgan fingerprint density at radius 1 is 1.26 bits per heavy atom. The van der Waals surface area contributed by atoms with Gasteiger partial charge in [-0.1, -0.05) is 0 Å². The molecule has 0 radical (unpaired) electrons. The van der Waals surface area contributed by atoms with Crippen LogP contribution >= 0.6 is 0 Å². The summed E-state index contributed by atoms with van der Waals surface area (Å²) in [4.78, 5) is 2.39. The Hall–Kier alpha value is -2.54. The van der Waals surface area contributed by atoms with E-state index in [2.05, 4.69) is 26.4 Å². The zero-order valence-electron chi connectivity index (χ0n) is 15.5. The summed E-state index contributed by atoms with van der Waals surface area (Å²) in [5.41, 5.74) is 4.06. The average molecular weight is 371 g/mol. The maximum atomic E-state index is 14.3. The SMILES string of the molecule is Cc1nn(C)cc1CN1CCCC(c2[nH]ncc2-c2cc(F)ccc2F)C1. The predicted molar refractivity (Wildman–Crippen MR) is 99.1 cm³/mol. The molecule has 5 nitrogen and oxygen atoms in total. The lowest BCUT2D eigenvalue weighted by Gasteiger charge is -2.32. The fourth-order valence-electron chi connectivity index (χ4n) is 4.01. The van der Waals surface area contributed by atoms with Gasteiger partial charge in [0.1, 0.15) is 11.6 Å². The number of aromatic amines is 1. The molecule has 3 heterocycles. The lowest BCUT2D eigenvalue weighted by Crippen LogP contribution is -2.34. The number of piperidine rings is 1. The number of rotatable bonds is 4. The lowest BCUT2D eigenvalue weighted by molar-refractivity contribution is 0.198. The third kappa shape index (κ3) is 3.64. The topological polar surface area (TPSA) is 49.7 Å². The number of hydrogen-bond acceptors (Lipinski definition) is 3. The maximum Gasteiger partial charge on any atom is 0.131 e. The van der Waals surface area contributed by atoms with Crippen LogP contribution in [0.2, 0.25) is 0 Å². The van der Waals surface area contributed by atoms with Crippen LogP contribution in [0.1, 0.15) is 35.7 Å². The number of aryl methyl sites for hydroxylation is 2. The molecule has 7 heteroatoms. The van der Waals surface area contributed by atoms with Crippen LogP contribution in [0, 0.1) is 18.6 Å². The van der Waals surface area contributed by atoms with Crippen molar-refractivity contribution in [2.75, 3.05) is 13.1 Å². The number of likely N-dealkylation sites (tertiary alicyclic amines) is 1. The summed E-state index contributed by atoms with van der Waals surface area (Å²) in [5.74, 6) is -0.676. The second kappa shape index (κ2) is 7.23. The zero-order chi connectivity index (χ0) is 19.0. The summed E-state index contributed by atoms with van der Waals surface area (Å²) in [6.07, 6.45) is 5.70. The van der Waals surface area contributed by atoms with E-state index in [0.717, 1.165) is 49.9 Å². The molecule has 1 atom stereocenters. The van der Waals surface area contributed by atoms with Crippen LogP contribution in [-0.4, -0.2) is 38.0 Å². The number of H-pyrrole nitrogens is 1. The van der Waals surface area contributed by atoms with Gasteiger partial charge in [-0.25, -0.2) is 8.78 Å². The number of aromatic nitrogens is 4. The molecule has 1 saturated heterocycles. The molecule has 27 heavy (non-hydrogen) atoms. The lowest BCUT2D eigenvalue weighted by atomic mass is 9.90. The summed E-state index contributed by atoms with van der Waals surface area (Å²) in [5, 5.41) is 11.6. The first-order chi connectivity index (χ1) is 13.0. The van der Waals surface area contributed by atoms with E-state index in [1.165, 1.54) is 17.7 Å². The molecule has 0 bridgehead atoms. The van der Waals surface area contributed by atoms with E-state index in [-0.39, 0.29) is 11.5 Å². The van der Waals surface area contributed by atoms with E-state index in [9.17, 15) is 8.78 Å². The minimum atomic E-state index is -0.448. The number of halogens is 2. The van der Waals surface area contributed by atoms with Crippen molar-refractivity contribution in [3.05, 3.63) is 59.2 Å². The Morgan fingerprint density at radius 3 is 2.89 bits per heavy atom. The summed E-state index contributed by atoms with van der Waals surface area (Å²) in [6.45, 7) is 4.73. The van der Waals surface area contributed by atoms with Crippen LogP contribution < -0.4 is 0 Å². The Morgan fingerprint density at radius 2 is 2.11 bits per heavy atom. The molecule has 0 amide bonds. The monoisotopic (exact) mass is 371 g/mol. The molecule has 1 aliphatic rings. The van der Waals surface area contributed by atoms with Crippen LogP contribution in [0.25, 0.3) is 11.1 Å². The van der Waals surface area contributed by atoms with Gasteiger partial charge in [-0.2, -0.15) is 10.2 Å². The molecule has 2 aromatic heterocycles. The van der Waals surface area contributed by atoms with Gasteiger partial charge in [-0.15, -0.1) is 0 Å².